The number of nitrogens with zero attached hydrogens (tertiary/aromatic N) is 4. The van der Waals surface area contributed by atoms with Crippen molar-refractivity contribution >= 4 is 17.3 Å². The molecule has 0 aliphatic carbocycles. The Hall–Kier alpha value is -3.32. The number of nitrogen functional groups attached to an aromatic ring is 1. The second-order valence-electron chi connectivity index (χ2n) is 4.42. The summed E-state index contributed by atoms with van der Waals surface area (Å²) in [6.45, 7) is 1.74. The van der Waals surface area contributed by atoms with Crippen LogP contribution in [0.4, 0.5) is 11.4 Å². The first kappa shape index (κ1) is 14.1. The van der Waals surface area contributed by atoms with E-state index in [-0.39, 0.29) is 23.8 Å². The molecule has 0 bridgehead atoms. The third-order valence-corrected chi connectivity index (χ3v) is 2.89. The van der Waals surface area contributed by atoms with Crippen molar-refractivity contribution < 1.29 is 4.79 Å². The molecular weight excluding hydrogens is 268 g/mol. The Morgan fingerprint density at radius 3 is 2.81 bits per heavy atom. The molecule has 0 saturated heterocycles. The fourth-order valence-electron chi connectivity index (χ4n) is 1.87. The van der Waals surface area contributed by atoms with E-state index in [1.165, 1.54) is 10.9 Å². The molecule has 104 valence electrons. The molecule has 21 heavy (non-hydrogen) atoms. The third-order valence-electron chi connectivity index (χ3n) is 2.89. The number of imidazole rings is 1. The zero-order chi connectivity index (χ0) is 15.4. The summed E-state index contributed by atoms with van der Waals surface area (Å²) in [4.78, 5) is 15.8. The minimum absolute atomic E-state index is 0.00830. The maximum absolute atomic E-state index is 12.0. The van der Waals surface area contributed by atoms with Gasteiger partial charge in [-0.2, -0.15) is 10.5 Å². The van der Waals surface area contributed by atoms with Crippen LogP contribution in [0, 0.1) is 29.6 Å². The minimum Gasteiger partial charge on any atom is -0.399 e. The summed E-state index contributed by atoms with van der Waals surface area (Å²) in [6.07, 6.45) is 1.30. The van der Waals surface area contributed by atoms with E-state index in [2.05, 4.69) is 10.3 Å². The molecule has 1 amide bonds. The first-order valence-corrected chi connectivity index (χ1v) is 6.06. The van der Waals surface area contributed by atoms with Crippen LogP contribution in [-0.2, 0) is 11.3 Å². The van der Waals surface area contributed by atoms with Gasteiger partial charge >= 0.3 is 0 Å². The Labute approximate surface area is 121 Å². The van der Waals surface area contributed by atoms with E-state index >= 15 is 0 Å². The molecule has 0 fully saturated rings. The van der Waals surface area contributed by atoms with Crippen molar-refractivity contribution in [2.75, 3.05) is 11.1 Å². The lowest BCUT2D eigenvalue weighted by molar-refractivity contribution is -0.116. The molecule has 1 heterocycles. The van der Waals surface area contributed by atoms with Crippen LogP contribution in [-0.4, -0.2) is 15.5 Å². The molecular formula is C14H12N6O. The number of hydrogen-bond donors (Lipinski definition) is 2. The fraction of sp³-hybridized carbons (Fsp3) is 0.143. The molecule has 3 N–H and O–H groups in total. The van der Waals surface area contributed by atoms with Crippen LogP contribution in [0.2, 0.25) is 0 Å². The summed E-state index contributed by atoms with van der Waals surface area (Å²) in [6, 6.07) is 8.82. The SMILES string of the molecule is Cc1cc(N)ccc1NC(=O)Cn1cnc(C#N)c1C#N. The monoisotopic (exact) mass is 280 g/mol. The number of nitrogens with two attached hydrogens (primary N) is 1. The highest BCUT2D eigenvalue weighted by Crippen LogP contribution is 2.17. The number of carbonyl (C=O) groups excluding carboxylic acids is 1. The average Bonchev–Trinajstić information content (AvgIpc) is 2.83. The lowest BCUT2D eigenvalue weighted by Gasteiger charge is -2.09. The molecule has 0 aliphatic heterocycles. The summed E-state index contributed by atoms with van der Waals surface area (Å²) < 4.78 is 1.33. The number of aryl methyl sites for hydroxylation is 1. The molecule has 0 aliphatic rings. The molecule has 7 heteroatoms. The van der Waals surface area contributed by atoms with Crippen molar-refractivity contribution in [3.8, 4) is 12.1 Å². The van der Waals surface area contributed by atoms with E-state index in [1.807, 2.05) is 13.0 Å². The molecule has 2 aromatic rings. The van der Waals surface area contributed by atoms with Crippen LogP contribution in [0.25, 0.3) is 0 Å². The number of anilines is 2. The van der Waals surface area contributed by atoms with Crippen LogP contribution in [0.15, 0.2) is 24.5 Å². The number of benzene rings is 1. The Bertz CT molecular complexity index is 778. The second kappa shape index (κ2) is 5.76. The molecule has 2 rings (SSSR count). The number of aromatic nitrogens is 2. The van der Waals surface area contributed by atoms with Crippen molar-refractivity contribution in [1.82, 2.24) is 9.55 Å². The van der Waals surface area contributed by atoms with E-state index in [4.69, 9.17) is 16.3 Å². The standard InChI is InChI=1S/C14H12N6O/c1-9-4-10(17)2-3-11(9)19-14(21)7-20-8-18-12(5-15)13(20)6-16/h2-4,8H,7,17H2,1H3,(H,19,21). The van der Waals surface area contributed by atoms with E-state index in [0.29, 0.717) is 11.4 Å². The molecule has 1 aromatic carbocycles. The van der Waals surface area contributed by atoms with Crippen molar-refractivity contribution in [1.29, 1.82) is 10.5 Å². The van der Waals surface area contributed by atoms with Gasteiger partial charge in [0, 0.05) is 11.4 Å². The number of nitriles is 2. The van der Waals surface area contributed by atoms with Gasteiger partial charge in [0.1, 0.15) is 18.7 Å². The van der Waals surface area contributed by atoms with Crippen LogP contribution >= 0.6 is 0 Å². The lowest BCUT2D eigenvalue weighted by Crippen LogP contribution is -2.19. The summed E-state index contributed by atoms with van der Waals surface area (Å²) in [5.41, 5.74) is 7.83. The molecule has 0 saturated carbocycles. The fourth-order valence-corrected chi connectivity index (χ4v) is 1.87. The highest BCUT2D eigenvalue weighted by atomic mass is 16.1. The molecule has 0 radical (unpaired) electrons. The lowest BCUT2D eigenvalue weighted by atomic mass is 10.2. The molecule has 1 aromatic heterocycles. The summed E-state index contributed by atoms with van der Waals surface area (Å²) in [7, 11) is 0. The first-order chi connectivity index (χ1) is 10.0. The quantitative estimate of drug-likeness (QED) is 0.817. The number of carbonyl (C=O) groups is 1. The van der Waals surface area contributed by atoms with Gasteiger partial charge < -0.3 is 15.6 Å². The van der Waals surface area contributed by atoms with Gasteiger partial charge in [0.25, 0.3) is 0 Å². The average molecular weight is 280 g/mol. The van der Waals surface area contributed by atoms with Gasteiger partial charge in [0.05, 0.1) is 6.33 Å². The Balaban J connectivity index is 2.14. The van der Waals surface area contributed by atoms with Crippen molar-refractivity contribution in [2.24, 2.45) is 0 Å². The number of nitrogens with one attached hydrogen (secondary N) is 1. The van der Waals surface area contributed by atoms with E-state index < -0.39 is 0 Å². The van der Waals surface area contributed by atoms with Gasteiger partial charge in [-0.25, -0.2) is 4.98 Å². The van der Waals surface area contributed by atoms with Crippen molar-refractivity contribution in [2.45, 2.75) is 13.5 Å². The minimum atomic E-state index is -0.318. The van der Waals surface area contributed by atoms with Crippen LogP contribution in [0.1, 0.15) is 17.0 Å². The van der Waals surface area contributed by atoms with E-state index in [0.717, 1.165) is 5.56 Å². The third kappa shape index (κ3) is 2.99. The Morgan fingerprint density at radius 1 is 1.43 bits per heavy atom. The topological polar surface area (TPSA) is 121 Å². The predicted molar refractivity (Wildman–Crippen MR) is 75.9 cm³/mol. The smallest absolute Gasteiger partial charge is 0.244 e. The molecule has 0 unspecified atom stereocenters. The summed E-state index contributed by atoms with van der Waals surface area (Å²) in [5.74, 6) is -0.318. The van der Waals surface area contributed by atoms with Gasteiger partial charge in [0.15, 0.2) is 11.4 Å². The maximum Gasteiger partial charge on any atom is 0.244 e. The zero-order valence-electron chi connectivity index (χ0n) is 11.3. The summed E-state index contributed by atoms with van der Waals surface area (Å²) in [5, 5.41) is 20.5. The van der Waals surface area contributed by atoms with Gasteiger partial charge in [-0.05, 0) is 30.7 Å². The molecule has 0 spiro atoms. The number of rotatable bonds is 3. The largest absolute Gasteiger partial charge is 0.399 e. The normalized spacial score (nSPS) is 9.67. The van der Waals surface area contributed by atoms with E-state index in [1.54, 1.807) is 24.3 Å². The number of hydrogen-bond acceptors (Lipinski definition) is 5. The zero-order valence-corrected chi connectivity index (χ0v) is 11.3. The van der Waals surface area contributed by atoms with Crippen LogP contribution in [0.3, 0.4) is 0 Å². The van der Waals surface area contributed by atoms with Gasteiger partial charge in [-0.15, -0.1) is 0 Å². The predicted octanol–water partition coefficient (Wildman–Crippen LogP) is 1.16. The molecule has 0 atom stereocenters. The molecule has 7 nitrogen and oxygen atoms in total. The van der Waals surface area contributed by atoms with Crippen molar-refractivity contribution in [3.63, 3.8) is 0 Å². The van der Waals surface area contributed by atoms with Crippen LogP contribution < -0.4 is 11.1 Å². The highest BCUT2D eigenvalue weighted by Gasteiger charge is 2.13. The van der Waals surface area contributed by atoms with Gasteiger partial charge in [0.2, 0.25) is 5.91 Å². The first-order valence-electron chi connectivity index (χ1n) is 6.06. The van der Waals surface area contributed by atoms with E-state index in [9.17, 15) is 4.79 Å². The van der Waals surface area contributed by atoms with Gasteiger partial charge in [-0.3, -0.25) is 4.79 Å². The highest BCUT2D eigenvalue weighted by molar-refractivity contribution is 5.91. The second-order valence-corrected chi connectivity index (χ2v) is 4.42. The number of amides is 1. The van der Waals surface area contributed by atoms with Gasteiger partial charge in [-0.1, -0.05) is 0 Å². The maximum atomic E-state index is 12.0. The van der Waals surface area contributed by atoms with Crippen LogP contribution in [0.5, 0.6) is 0 Å². The Morgan fingerprint density at radius 2 is 2.19 bits per heavy atom. The Kier molecular flexibility index (Phi) is 3.87. The van der Waals surface area contributed by atoms with Crippen molar-refractivity contribution in [3.05, 3.63) is 41.5 Å². The summed E-state index contributed by atoms with van der Waals surface area (Å²) >= 11 is 0.